The molecule has 0 bridgehead atoms. The van der Waals surface area contributed by atoms with Crippen molar-refractivity contribution >= 4 is 43.5 Å². The van der Waals surface area contributed by atoms with Gasteiger partial charge in [0, 0.05) is 0 Å². The fourth-order valence-electron chi connectivity index (χ4n) is 1.37. The number of hydrogen-bond acceptors (Lipinski definition) is 6. The molecule has 0 fully saturated rings. The first-order chi connectivity index (χ1) is 8.72. The number of nitrogens with zero attached hydrogens (tertiary/aromatic N) is 2. The van der Waals surface area contributed by atoms with Gasteiger partial charge >= 0.3 is 0 Å². The zero-order valence-electron chi connectivity index (χ0n) is 8.78. The molecule has 0 unspecified atom stereocenters. The maximum atomic E-state index is 5.35. The van der Waals surface area contributed by atoms with Crippen LogP contribution in [0.4, 0.5) is 0 Å². The van der Waals surface area contributed by atoms with Gasteiger partial charge in [-0.25, -0.2) is 0 Å². The molecule has 1 aliphatic heterocycles. The van der Waals surface area contributed by atoms with E-state index in [1.165, 1.54) is 0 Å². The standard InChI is InChI=1S/C10H6Br2N4O2/c11-7-3-1-5(17-7)9-13-15-10(16-14-9)6-2-4-8(12)18-6/h1-4H,(H,13,14)(H,15,16). The van der Waals surface area contributed by atoms with Gasteiger partial charge in [-0.3, -0.25) is 10.9 Å². The van der Waals surface area contributed by atoms with Crippen molar-refractivity contribution in [3.05, 3.63) is 45.1 Å². The molecule has 1 aliphatic rings. The molecule has 3 rings (SSSR count). The van der Waals surface area contributed by atoms with Crippen molar-refractivity contribution in [3.8, 4) is 0 Å². The van der Waals surface area contributed by atoms with E-state index < -0.39 is 0 Å². The lowest BCUT2D eigenvalue weighted by Crippen LogP contribution is -2.34. The van der Waals surface area contributed by atoms with Gasteiger partial charge in [-0.1, -0.05) is 0 Å². The van der Waals surface area contributed by atoms with Gasteiger partial charge in [-0.05, 0) is 56.1 Å². The summed E-state index contributed by atoms with van der Waals surface area (Å²) in [5, 5.41) is 8.23. The van der Waals surface area contributed by atoms with Crippen LogP contribution < -0.4 is 10.9 Å². The molecule has 2 N–H and O–H groups in total. The average Bonchev–Trinajstić information content (AvgIpc) is 2.98. The summed E-state index contributed by atoms with van der Waals surface area (Å²) in [6, 6.07) is 7.12. The second-order valence-electron chi connectivity index (χ2n) is 3.35. The second-order valence-corrected chi connectivity index (χ2v) is 4.92. The summed E-state index contributed by atoms with van der Waals surface area (Å²) in [5.41, 5.74) is 5.58. The number of rotatable bonds is 2. The van der Waals surface area contributed by atoms with Crippen molar-refractivity contribution in [2.45, 2.75) is 0 Å². The van der Waals surface area contributed by atoms with E-state index in [2.05, 4.69) is 52.9 Å². The van der Waals surface area contributed by atoms with Crippen LogP contribution in [0.2, 0.25) is 0 Å². The van der Waals surface area contributed by atoms with Crippen molar-refractivity contribution in [1.82, 2.24) is 10.9 Å². The molecule has 2 aromatic rings. The Hall–Kier alpha value is -1.54. The van der Waals surface area contributed by atoms with E-state index in [4.69, 9.17) is 8.83 Å². The minimum atomic E-state index is 0.495. The van der Waals surface area contributed by atoms with Crippen molar-refractivity contribution in [1.29, 1.82) is 0 Å². The van der Waals surface area contributed by atoms with Crippen LogP contribution in [0.15, 0.2) is 52.6 Å². The molecule has 0 aliphatic carbocycles. The fourth-order valence-corrected chi connectivity index (χ4v) is 1.98. The van der Waals surface area contributed by atoms with E-state index in [1.807, 2.05) is 0 Å². The Morgan fingerprint density at radius 2 is 1.22 bits per heavy atom. The molecule has 2 aromatic heterocycles. The highest BCUT2D eigenvalue weighted by atomic mass is 79.9. The molecule has 92 valence electrons. The number of furan rings is 2. The molecular formula is C10H6Br2N4O2. The lowest BCUT2D eigenvalue weighted by molar-refractivity contribution is 0.521. The van der Waals surface area contributed by atoms with Crippen LogP contribution in [0.1, 0.15) is 11.5 Å². The van der Waals surface area contributed by atoms with E-state index in [0.29, 0.717) is 32.5 Å². The highest BCUT2D eigenvalue weighted by Gasteiger charge is 2.16. The number of hydrogen-bond donors (Lipinski definition) is 2. The van der Waals surface area contributed by atoms with E-state index in [1.54, 1.807) is 24.3 Å². The Morgan fingerprint density at radius 3 is 1.50 bits per heavy atom. The Balaban J connectivity index is 1.78. The summed E-state index contributed by atoms with van der Waals surface area (Å²) >= 11 is 6.45. The zero-order valence-corrected chi connectivity index (χ0v) is 11.9. The van der Waals surface area contributed by atoms with Gasteiger partial charge in [0.05, 0.1) is 0 Å². The molecule has 8 heteroatoms. The normalized spacial score (nSPS) is 14.6. The van der Waals surface area contributed by atoms with Crippen molar-refractivity contribution in [2.24, 2.45) is 10.2 Å². The Bertz CT molecular complexity index is 588. The first-order valence-electron chi connectivity index (χ1n) is 4.91. The van der Waals surface area contributed by atoms with Crippen LogP contribution in [0, 0.1) is 0 Å². The topological polar surface area (TPSA) is 75.1 Å². The largest absolute Gasteiger partial charge is 0.446 e. The SMILES string of the molecule is Brc1ccc(C2=NNC(c3ccc(Br)o3)=NN2)o1. The summed E-state index contributed by atoms with van der Waals surface area (Å²) in [5.74, 6) is 2.15. The summed E-state index contributed by atoms with van der Waals surface area (Å²) in [6.45, 7) is 0. The van der Waals surface area contributed by atoms with Crippen LogP contribution in [0.3, 0.4) is 0 Å². The first-order valence-corrected chi connectivity index (χ1v) is 6.50. The number of nitrogens with one attached hydrogen (secondary N) is 2. The maximum absolute atomic E-state index is 5.35. The summed E-state index contributed by atoms with van der Waals surface area (Å²) < 4.78 is 12.0. The molecule has 0 spiro atoms. The average molecular weight is 374 g/mol. The summed E-state index contributed by atoms with van der Waals surface area (Å²) in [7, 11) is 0. The third-order valence-electron chi connectivity index (χ3n) is 2.16. The van der Waals surface area contributed by atoms with Gasteiger partial charge in [0.2, 0.25) is 11.7 Å². The molecule has 18 heavy (non-hydrogen) atoms. The Morgan fingerprint density at radius 1 is 0.778 bits per heavy atom. The van der Waals surface area contributed by atoms with Gasteiger partial charge in [-0.2, -0.15) is 10.2 Å². The molecule has 0 saturated carbocycles. The molecular weight excluding hydrogens is 368 g/mol. The van der Waals surface area contributed by atoms with Gasteiger partial charge in [-0.15, -0.1) is 0 Å². The smallest absolute Gasteiger partial charge is 0.209 e. The zero-order chi connectivity index (χ0) is 12.5. The van der Waals surface area contributed by atoms with E-state index in [-0.39, 0.29) is 0 Å². The summed E-state index contributed by atoms with van der Waals surface area (Å²) in [4.78, 5) is 0. The number of hydrazone groups is 2. The predicted octanol–water partition coefficient (Wildman–Crippen LogP) is 2.61. The Labute approximate surface area is 118 Å². The minimum Gasteiger partial charge on any atom is -0.446 e. The lowest BCUT2D eigenvalue weighted by Gasteiger charge is -2.11. The fraction of sp³-hybridized carbons (Fsp3) is 0. The predicted molar refractivity (Wildman–Crippen MR) is 72.2 cm³/mol. The van der Waals surface area contributed by atoms with E-state index in [0.717, 1.165) is 0 Å². The minimum absolute atomic E-state index is 0.495. The van der Waals surface area contributed by atoms with E-state index in [9.17, 15) is 0 Å². The molecule has 6 nitrogen and oxygen atoms in total. The molecule has 0 amide bonds. The second kappa shape index (κ2) is 4.62. The van der Waals surface area contributed by atoms with Crippen molar-refractivity contribution < 1.29 is 8.83 Å². The molecule has 0 radical (unpaired) electrons. The van der Waals surface area contributed by atoms with E-state index >= 15 is 0 Å². The lowest BCUT2D eigenvalue weighted by atomic mass is 10.4. The third-order valence-corrected chi connectivity index (χ3v) is 3.01. The van der Waals surface area contributed by atoms with Crippen LogP contribution in [0.5, 0.6) is 0 Å². The quantitative estimate of drug-likeness (QED) is 0.848. The first kappa shape index (κ1) is 11.5. The van der Waals surface area contributed by atoms with Gasteiger partial charge in [0.15, 0.2) is 20.9 Å². The highest BCUT2D eigenvalue weighted by molar-refractivity contribution is 9.10. The van der Waals surface area contributed by atoms with Crippen molar-refractivity contribution in [3.63, 3.8) is 0 Å². The third kappa shape index (κ3) is 2.21. The number of amidine groups is 2. The molecule has 0 saturated heterocycles. The van der Waals surface area contributed by atoms with Crippen LogP contribution >= 0.6 is 31.9 Å². The Kier molecular flexibility index (Phi) is 2.96. The van der Waals surface area contributed by atoms with Crippen molar-refractivity contribution in [2.75, 3.05) is 0 Å². The van der Waals surface area contributed by atoms with Gasteiger partial charge in [0.1, 0.15) is 0 Å². The van der Waals surface area contributed by atoms with Crippen LogP contribution in [-0.4, -0.2) is 11.7 Å². The molecule has 3 heterocycles. The van der Waals surface area contributed by atoms with Crippen LogP contribution in [-0.2, 0) is 0 Å². The summed E-state index contributed by atoms with van der Waals surface area (Å²) in [6.07, 6.45) is 0. The monoisotopic (exact) mass is 372 g/mol. The van der Waals surface area contributed by atoms with Crippen LogP contribution in [0.25, 0.3) is 0 Å². The maximum Gasteiger partial charge on any atom is 0.209 e. The molecule has 0 atom stereocenters. The molecule has 0 aromatic carbocycles. The number of halogens is 2. The van der Waals surface area contributed by atoms with Gasteiger partial charge in [0.25, 0.3) is 0 Å². The highest BCUT2D eigenvalue weighted by Crippen LogP contribution is 2.16. The van der Waals surface area contributed by atoms with Gasteiger partial charge < -0.3 is 8.83 Å².